The van der Waals surface area contributed by atoms with Crippen molar-refractivity contribution in [3.05, 3.63) is 35.9 Å². The van der Waals surface area contributed by atoms with Crippen LogP contribution in [-0.4, -0.2) is 63.3 Å². The first-order valence-corrected chi connectivity index (χ1v) is 10.00. The summed E-state index contributed by atoms with van der Waals surface area (Å²) in [5.74, 6) is 1.30. The molecule has 0 aromatic carbocycles. The van der Waals surface area contributed by atoms with E-state index in [4.69, 9.17) is 0 Å². The van der Waals surface area contributed by atoms with Gasteiger partial charge in [0.1, 0.15) is 5.69 Å². The van der Waals surface area contributed by atoms with Crippen LogP contribution in [0.15, 0.2) is 29.6 Å². The molecule has 3 heterocycles. The van der Waals surface area contributed by atoms with Crippen LogP contribution in [0, 0.1) is 5.92 Å². The zero-order valence-corrected chi connectivity index (χ0v) is 19.9. The van der Waals surface area contributed by atoms with Crippen LogP contribution in [0.4, 0.5) is 19.1 Å². The predicted octanol–water partition coefficient (Wildman–Crippen LogP) is 2.79. The number of alkyl halides is 3. The molecule has 12 heteroatoms. The summed E-state index contributed by atoms with van der Waals surface area (Å²) in [5.41, 5.74) is 0.269. The summed E-state index contributed by atoms with van der Waals surface area (Å²) in [4.78, 5) is 14.2. The summed E-state index contributed by atoms with van der Waals surface area (Å²) in [6, 6.07) is 0.849. The van der Waals surface area contributed by atoms with E-state index >= 15 is 0 Å². The number of halogens is 4. The Morgan fingerprint density at radius 3 is 2.84 bits per heavy atom. The van der Waals surface area contributed by atoms with Crippen molar-refractivity contribution in [2.45, 2.75) is 25.9 Å². The second-order valence-corrected chi connectivity index (χ2v) is 7.25. The molecule has 1 saturated heterocycles. The summed E-state index contributed by atoms with van der Waals surface area (Å²) in [6.45, 7) is 5.31. The van der Waals surface area contributed by atoms with E-state index in [1.54, 1.807) is 0 Å². The number of likely N-dealkylation sites (tertiary alicyclic amines) is 1. The number of hydrogen-bond acceptors (Lipinski definition) is 5. The lowest BCUT2D eigenvalue weighted by Crippen LogP contribution is -2.40. The third-order valence-corrected chi connectivity index (χ3v) is 4.81. The zero-order chi connectivity index (χ0) is 21.6. The van der Waals surface area contributed by atoms with Crippen molar-refractivity contribution < 1.29 is 13.2 Å². The number of aromatic nitrogens is 4. The molecule has 1 unspecified atom stereocenters. The van der Waals surface area contributed by atoms with E-state index in [0.29, 0.717) is 19.0 Å². The van der Waals surface area contributed by atoms with Crippen molar-refractivity contribution in [1.29, 1.82) is 0 Å². The van der Waals surface area contributed by atoms with Gasteiger partial charge in [0.25, 0.3) is 0 Å². The number of aliphatic imine (C=N–C) groups is 1. The molecule has 3 rings (SSSR count). The second kappa shape index (κ2) is 11.5. The topological polar surface area (TPSA) is 83.3 Å². The van der Waals surface area contributed by atoms with Crippen LogP contribution >= 0.6 is 24.0 Å². The van der Waals surface area contributed by atoms with Gasteiger partial charge >= 0.3 is 6.18 Å². The van der Waals surface area contributed by atoms with Crippen molar-refractivity contribution in [2.75, 3.05) is 38.0 Å². The first kappa shape index (κ1) is 25.1. The fourth-order valence-corrected chi connectivity index (χ4v) is 3.46. The highest BCUT2D eigenvalue weighted by molar-refractivity contribution is 14.0. The number of rotatable bonds is 7. The average Bonchev–Trinajstić information content (AvgIpc) is 3.33. The fraction of sp³-hybridized carbons (Fsp3) is 0.579. The number of hydrogen-bond donors (Lipinski definition) is 2. The molecule has 0 aliphatic carbocycles. The highest BCUT2D eigenvalue weighted by Crippen LogP contribution is 2.27. The number of anilines is 1. The Morgan fingerprint density at radius 2 is 2.16 bits per heavy atom. The molecule has 0 bridgehead atoms. The van der Waals surface area contributed by atoms with Crippen LogP contribution in [0.1, 0.15) is 24.6 Å². The molecule has 1 fully saturated rings. The van der Waals surface area contributed by atoms with Crippen molar-refractivity contribution in [3.8, 4) is 0 Å². The van der Waals surface area contributed by atoms with Gasteiger partial charge in [-0.3, -0.25) is 9.67 Å². The van der Waals surface area contributed by atoms with Crippen LogP contribution in [0.5, 0.6) is 0 Å². The Labute approximate surface area is 196 Å². The Balaban J connectivity index is 0.00000341. The van der Waals surface area contributed by atoms with Crippen molar-refractivity contribution in [1.82, 2.24) is 30.0 Å². The number of nitrogens with zero attached hydrogens (tertiary/aromatic N) is 6. The second-order valence-electron chi connectivity index (χ2n) is 7.25. The summed E-state index contributed by atoms with van der Waals surface area (Å²) >= 11 is 0. The predicted molar refractivity (Wildman–Crippen MR) is 124 cm³/mol. The van der Waals surface area contributed by atoms with Crippen LogP contribution in [0.3, 0.4) is 0 Å². The van der Waals surface area contributed by atoms with Gasteiger partial charge in [-0.15, -0.1) is 24.0 Å². The van der Waals surface area contributed by atoms with Crippen LogP contribution in [-0.2, 0) is 19.6 Å². The van der Waals surface area contributed by atoms with Gasteiger partial charge in [-0.1, -0.05) is 0 Å². The third kappa shape index (κ3) is 7.51. The van der Waals surface area contributed by atoms with Gasteiger partial charge in [-0.25, -0.2) is 9.97 Å². The largest absolute Gasteiger partial charge is 0.433 e. The van der Waals surface area contributed by atoms with E-state index in [1.165, 1.54) is 5.56 Å². The van der Waals surface area contributed by atoms with Gasteiger partial charge in [0.15, 0.2) is 5.96 Å². The number of nitrogens with one attached hydrogen (secondary N) is 2. The summed E-state index contributed by atoms with van der Waals surface area (Å²) in [7, 11) is 1.92. The van der Waals surface area contributed by atoms with E-state index in [1.807, 2.05) is 31.0 Å². The minimum Gasteiger partial charge on any atom is -0.357 e. The SMILES string of the molecule is CCNC(=NCCNc1nccc(C(F)(F)F)n1)N1CCC(Cc2cnn(C)c2)C1.I. The van der Waals surface area contributed by atoms with Crippen LogP contribution < -0.4 is 10.6 Å². The van der Waals surface area contributed by atoms with Crippen molar-refractivity contribution in [3.63, 3.8) is 0 Å². The van der Waals surface area contributed by atoms with Gasteiger partial charge in [-0.2, -0.15) is 18.3 Å². The summed E-state index contributed by atoms with van der Waals surface area (Å²) < 4.78 is 40.0. The fourth-order valence-electron chi connectivity index (χ4n) is 3.46. The van der Waals surface area contributed by atoms with Gasteiger partial charge in [0.2, 0.25) is 5.95 Å². The monoisotopic (exact) mass is 552 g/mol. The van der Waals surface area contributed by atoms with Gasteiger partial charge < -0.3 is 15.5 Å². The molecule has 2 aromatic rings. The van der Waals surface area contributed by atoms with E-state index in [-0.39, 0.29) is 29.9 Å². The molecule has 1 aliphatic rings. The molecule has 2 N–H and O–H groups in total. The van der Waals surface area contributed by atoms with E-state index in [0.717, 1.165) is 50.7 Å². The third-order valence-electron chi connectivity index (χ3n) is 4.81. The van der Waals surface area contributed by atoms with Gasteiger partial charge in [0.05, 0.1) is 12.7 Å². The van der Waals surface area contributed by atoms with Crippen molar-refractivity contribution in [2.24, 2.45) is 18.0 Å². The van der Waals surface area contributed by atoms with Crippen LogP contribution in [0.2, 0.25) is 0 Å². The standard InChI is InChI=1S/C19H27F3N8.HI/c1-3-23-18(30-9-5-14(13-30)10-15-11-27-29(2)12-15)26-8-7-25-17-24-6-4-16(28-17)19(20,21)22;/h4,6,11-12,14H,3,5,7-10,13H2,1-2H3,(H,23,26)(H,24,25,28);1H. The Hall–Kier alpha value is -2.12. The molecule has 8 nitrogen and oxygen atoms in total. The lowest BCUT2D eigenvalue weighted by Gasteiger charge is -2.21. The lowest BCUT2D eigenvalue weighted by molar-refractivity contribution is -0.141. The van der Waals surface area contributed by atoms with E-state index < -0.39 is 11.9 Å². The number of aryl methyl sites for hydroxylation is 1. The molecular formula is C19H28F3IN8. The molecule has 31 heavy (non-hydrogen) atoms. The maximum Gasteiger partial charge on any atom is 0.433 e. The number of guanidine groups is 1. The Bertz CT molecular complexity index is 855. The van der Waals surface area contributed by atoms with E-state index in [9.17, 15) is 13.2 Å². The molecule has 0 amide bonds. The summed E-state index contributed by atoms with van der Waals surface area (Å²) in [5, 5.41) is 10.3. The first-order chi connectivity index (χ1) is 14.3. The first-order valence-electron chi connectivity index (χ1n) is 10.00. The normalized spacial score (nSPS) is 16.9. The van der Waals surface area contributed by atoms with Gasteiger partial charge in [-0.05, 0) is 37.3 Å². The minimum atomic E-state index is -4.49. The Kier molecular flexibility index (Phi) is 9.32. The Morgan fingerprint density at radius 1 is 1.35 bits per heavy atom. The molecule has 0 saturated carbocycles. The molecule has 2 aromatic heterocycles. The van der Waals surface area contributed by atoms with E-state index in [2.05, 4.69) is 35.6 Å². The maximum absolute atomic E-state index is 12.7. The van der Waals surface area contributed by atoms with Crippen LogP contribution in [0.25, 0.3) is 0 Å². The van der Waals surface area contributed by atoms with Gasteiger partial charge in [0, 0.05) is 45.6 Å². The average molecular weight is 552 g/mol. The molecule has 0 spiro atoms. The zero-order valence-electron chi connectivity index (χ0n) is 17.6. The lowest BCUT2D eigenvalue weighted by atomic mass is 10.0. The smallest absolute Gasteiger partial charge is 0.357 e. The van der Waals surface area contributed by atoms with Crippen molar-refractivity contribution >= 4 is 35.9 Å². The molecule has 0 radical (unpaired) electrons. The highest BCUT2D eigenvalue weighted by Gasteiger charge is 2.32. The maximum atomic E-state index is 12.7. The highest BCUT2D eigenvalue weighted by atomic mass is 127. The summed E-state index contributed by atoms with van der Waals surface area (Å²) in [6.07, 6.45) is 2.62. The minimum absolute atomic E-state index is 0. The molecular weight excluding hydrogens is 524 g/mol. The molecule has 1 aliphatic heterocycles. The quantitative estimate of drug-likeness (QED) is 0.238. The molecule has 1 atom stereocenters. The molecule has 172 valence electrons.